The number of nitrogens with one attached hydrogen (secondary N) is 1. The first-order valence-electron chi connectivity index (χ1n) is 9.22. The highest BCUT2D eigenvalue weighted by Crippen LogP contribution is 2.60. The number of carbonyl (C=O) groups is 1. The fourth-order valence-corrected chi connectivity index (χ4v) is 6.43. The molecule has 3 aromatic rings. The molecule has 0 saturated heterocycles. The van der Waals surface area contributed by atoms with Crippen molar-refractivity contribution in [3.63, 3.8) is 0 Å². The molecule has 0 unspecified atom stereocenters. The quantitative estimate of drug-likeness (QED) is 0.497. The van der Waals surface area contributed by atoms with Crippen LogP contribution in [0.4, 0.5) is 15.2 Å². The van der Waals surface area contributed by atoms with Crippen LogP contribution < -0.4 is 9.62 Å². The van der Waals surface area contributed by atoms with Crippen LogP contribution in [0, 0.1) is 5.82 Å². The number of hydrogen-bond donors (Lipinski definition) is 1. The number of hydrogen-bond acceptors (Lipinski definition) is 6. The molecule has 1 saturated carbocycles. The van der Waals surface area contributed by atoms with Crippen molar-refractivity contribution >= 4 is 73.1 Å². The Morgan fingerprint density at radius 3 is 2.59 bits per heavy atom. The van der Waals surface area contributed by atoms with Crippen LogP contribution >= 0.6 is 46.3 Å². The molecule has 13 heteroatoms. The molecule has 5 rings (SSSR count). The maximum absolute atomic E-state index is 14.9. The number of halogens is 4. The van der Waals surface area contributed by atoms with Gasteiger partial charge < -0.3 is 4.90 Å². The fourth-order valence-electron chi connectivity index (χ4n) is 3.90. The number of anilines is 2. The van der Waals surface area contributed by atoms with Crippen molar-refractivity contribution in [3.8, 4) is 0 Å². The Labute approximate surface area is 201 Å². The lowest BCUT2D eigenvalue weighted by Crippen LogP contribution is -2.31. The summed E-state index contributed by atoms with van der Waals surface area (Å²) in [6, 6.07) is 5.32. The molecular weight excluding hydrogens is 522 g/mol. The fraction of sp³-hybridized carbons (Fsp3) is 0.211. The second kappa shape index (κ2) is 7.53. The molecule has 2 aliphatic rings. The smallest absolute Gasteiger partial charge is 0.266 e. The van der Waals surface area contributed by atoms with Gasteiger partial charge in [0.1, 0.15) is 17.0 Å². The minimum atomic E-state index is -4.27. The minimum Gasteiger partial charge on any atom is -0.307 e. The van der Waals surface area contributed by atoms with Crippen molar-refractivity contribution in [2.45, 2.75) is 29.7 Å². The van der Waals surface area contributed by atoms with Gasteiger partial charge >= 0.3 is 0 Å². The van der Waals surface area contributed by atoms with E-state index in [1.165, 1.54) is 11.2 Å². The molecule has 1 aromatic heterocycles. The summed E-state index contributed by atoms with van der Waals surface area (Å²) in [4.78, 5) is 17.8. The molecule has 1 aliphatic carbocycles. The molecular formula is C19H12Cl3FN4O3S2. The van der Waals surface area contributed by atoms with Gasteiger partial charge in [-0.05, 0) is 42.7 Å². The SMILES string of the molecule is O=C1N(Cc2cc(F)c(S(=O)(=O)Nc3ncns3)cc2Cl)c2ccc(Cl)c(Cl)c2C12CC2. The maximum atomic E-state index is 14.9. The third-order valence-electron chi connectivity index (χ3n) is 5.55. The lowest BCUT2D eigenvalue weighted by Gasteiger charge is -2.20. The predicted molar refractivity (Wildman–Crippen MR) is 121 cm³/mol. The summed E-state index contributed by atoms with van der Waals surface area (Å²) < 4.78 is 45.8. The van der Waals surface area contributed by atoms with Gasteiger partial charge in [-0.1, -0.05) is 34.8 Å². The van der Waals surface area contributed by atoms with Gasteiger partial charge in [0.2, 0.25) is 11.0 Å². The summed E-state index contributed by atoms with van der Waals surface area (Å²) in [6.45, 7) is -0.0501. The summed E-state index contributed by atoms with van der Waals surface area (Å²) in [5.41, 5.74) is 0.806. The van der Waals surface area contributed by atoms with E-state index in [1.54, 1.807) is 12.1 Å². The molecule has 1 N–H and O–H groups in total. The average Bonchev–Trinajstić information content (AvgIpc) is 3.31. The Bertz CT molecular complexity index is 1380. The molecule has 0 radical (unpaired) electrons. The number of nitrogens with zero attached hydrogens (tertiary/aromatic N) is 3. The molecule has 2 aromatic carbocycles. The van der Waals surface area contributed by atoms with E-state index >= 15 is 0 Å². The van der Waals surface area contributed by atoms with Crippen molar-refractivity contribution in [1.82, 2.24) is 9.36 Å². The van der Waals surface area contributed by atoms with Crippen LogP contribution in [-0.2, 0) is 26.8 Å². The average molecular weight is 534 g/mol. The largest absolute Gasteiger partial charge is 0.307 e. The molecule has 0 atom stereocenters. The Hall–Kier alpha value is -1.98. The van der Waals surface area contributed by atoms with Gasteiger partial charge in [0, 0.05) is 27.8 Å². The topological polar surface area (TPSA) is 92.3 Å². The summed E-state index contributed by atoms with van der Waals surface area (Å²) in [7, 11) is -4.27. The highest BCUT2D eigenvalue weighted by molar-refractivity contribution is 7.93. The van der Waals surface area contributed by atoms with Gasteiger partial charge in [0.25, 0.3) is 10.0 Å². The van der Waals surface area contributed by atoms with E-state index in [9.17, 15) is 17.6 Å². The van der Waals surface area contributed by atoms with Gasteiger partial charge in [-0.3, -0.25) is 9.52 Å². The second-order valence-corrected chi connectivity index (χ2v) is 11.1. The molecule has 1 spiro atoms. The Morgan fingerprint density at radius 1 is 1.19 bits per heavy atom. The first kappa shape index (κ1) is 21.8. The number of aromatic nitrogens is 2. The van der Waals surface area contributed by atoms with Crippen LogP contribution in [0.1, 0.15) is 24.0 Å². The van der Waals surface area contributed by atoms with Crippen molar-refractivity contribution < 1.29 is 17.6 Å². The van der Waals surface area contributed by atoms with Crippen LogP contribution in [-0.4, -0.2) is 23.7 Å². The summed E-state index contributed by atoms with van der Waals surface area (Å²) in [5.74, 6) is -1.17. The van der Waals surface area contributed by atoms with E-state index in [2.05, 4.69) is 14.1 Å². The summed E-state index contributed by atoms with van der Waals surface area (Å²) in [6.07, 6.45) is 2.46. The van der Waals surface area contributed by atoms with Gasteiger partial charge in [-0.25, -0.2) is 17.8 Å². The molecule has 1 fully saturated rings. The Balaban J connectivity index is 1.50. The number of rotatable bonds is 5. The second-order valence-electron chi connectivity index (χ2n) is 7.45. The zero-order valence-corrected chi connectivity index (χ0v) is 19.8. The third-order valence-corrected chi connectivity index (χ3v) is 8.77. The molecule has 1 amide bonds. The van der Waals surface area contributed by atoms with Crippen LogP contribution in [0.3, 0.4) is 0 Å². The highest BCUT2D eigenvalue weighted by Gasteiger charge is 2.60. The maximum Gasteiger partial charge on any atom is 0.266 e. The van der Waals surface area contributed by atoms with Crippen LogP contribution in [0.5, 0.6) is 0 Å². The molecule has 0 bridgehead atoms. The molecule has 1 aliphatic heterocycles. The number of carbonyl (C=O) groups excluding carboxylic acids is 1. The zero-order chi connectivity index (χ0) is 22.8. The van der Waals surface area contributed by atoms with Crippen LogP contribution in [0.15, 0.2) is 35.5 Å². The Kier molecular flexibility index (Phi) is 5.14. The van der Waals surface area contributed by atoms with Gasteiger partial charge in [0.05, 0.1) is 22.0 Å². The van der Waals surface area contributed by atoms with E-state index in [4.69, 9.17) is 34.8 Å². The molecule has 2 heterocycles. The molecule has 7 nitrogen and oxygen atoms in total. The monoisotopic (exact) mass is 532 g/mol. The highest BCUT2D eigenvalue weighted by atomic mass is 35.5. The number of fused-ring (bicyclic) bond motifs is 2. The van der Waals surface area contributed by atoms with Gasteiger partial charge in [-0.15, -0.1) is 0 Å². The van der Waals surface area contributed by atoms with E-state index in [0.29, 0.717) is 34.1 Å². The molecule has 166 valence electrons. The van der Waals surface area contributed by atoms with E-state index in [1.807, 2.05) is 0 Å². The summed E-state index contributed by atoms with van der Waals surface area (Å²) in [5, 5.41) is 0.677. The van der Waals surface area contributed by atoms with Gasteiger partial charge in [-0.2, -0.15) is 4.37 Å². The van der Waals surface area contributed by atoms with E-state index < -0.39 is 26.2 Å². The van der Waals surface area contributed by atoms with Crippen LogP contribution in [0.25, 0.3) is 0 Å². The molecule has 32 heavy (non-hydrogen) atoms. The van der Waals surface area contributed by atoms with Crippen molar-refractivity contribution in [3.05, 3.63) is 62.6 Å². The normalized spacial score (nSPS) is 16.5. The van der Waals surface area contributed by atoms with Crippen molar-refractivity contribution in [2.75, 3.05) is 9.62 Å². The van der Waals surface area contributed by atoms with Crippen molar-refractivity contribution in [2.24, 2.45) is 0 Å². The first-order chi connectivity index (χ1) is 15.1. The number of sulfonamides is 1. The van der Waals surface area contributed by atoms with E-state index in [-0.39, 0.29) is 28.2 Å². The third kappa shape index (κ3) is 3.36. The van der Waals surface area contributed by atoms with Gasteiger partial charge in [0.15, 0.2) is 0 Å². The van der Waals surface area contributed by atoms with E-state index in [0.717, 1.165) is 23.7 Å². The lowest BCUT2D eigenvalue weighted by molar-refractivity contribution is -0.120. The van der Waals surface area contributed by atoms with Crippen molar-refractivity contribution in [1.29, 1.82) is 0 Å². The number of amides is 1. The standard InChI is InChI=1S/C19H12Cl3FN4O3S2/c20-10-1-2-13-15(16(10)22)19(3-4-19)17(28)27(13)7-9-5-12(23)14(6-11(9)21)32(29,30)26-18-24-8-25-31-18/h1-2,5-6,8H,3-4,7H2,(H,24,25,26). The lowest BCUT2D eigenvalue weighted by atomic mass is 9.98. The minimum absolute atomic E-state index is 0.00445. The predicted octanol–water partition coefficient (Wildman–Crippen LogP) is 5.02. The van der Waals surface area contributed by atoms with Crippen LogP contribution in [0.2, 0.25) is 15.1 Å². The number of benzene rings is 2. The first-order valence-corrected chi connectivity index (χ1v) is 12.6. The summed E-state index contributed by atoms with van der Waals surface area (Å²) >= 11 is 19.7. The Morgan fingerprint density at radius 2 is 1.94 bits per heavy atom. The zero-order valence-electron chi connectivity index (χ0n) is 15.9.